The summed E-state index contributed by atoms with van der Waals surface area (Å²) in [5, 5.41) is 8.37. The van der Waals surface area contributed by atoms with Gasteiger partial charge in [-0.2, -0.15) is 4.68 Å². The third kappa shape index (κ3) is 1.58. The van der Waals surface area contributed by atoms with Crippen LogP contribution >= 0.6 is 11.6 Å². The molecule has 0 fully saturated rings. The Hall–Kier alpha value is -2.21. The normalized spacial score (nSPS) is 11.0. The maximum absolute atomic E-state index is 11.8. The Labute approximate surface area is 106 Å². The first kappa shape index (κ1) is 10.9. The van der Waals surface area contributed by atoms with Gasteiger partial charge >= 0.3 is 5.69 Å². The third-order valence-electron chi connectivity index (χ3n) is 2.62. The Morgan fingerprint density at radius 3 is 2.67 bits per heavy atom. The Bertz CT molecular complexity index is 774. The number of nitrogens with zero attached hydrogens (tertiary/aromatic N) is 5. The predicted octanol–water partition coefficient (Wildman–Crippen LogP) is 1.14. The van der Waals surface area contributed by atoms with Crippen molar-refractivity contribution >= 4 is 17.2 Å². The Morgan fingerprint density at radius 2 is 1.94 bits per heavy atom. The Balaban J connectivity index is 2.28. The van der Waals surface area contributed by atoms with Gasteiger partial charge in [-0.1, -0.05) is 28.9 Å². The smallest absolute Gasteiger partial charge is 0.245 e. The minimum Gasteiger partial charge on any atom is -0.245 e. The molecule has 3 rings (SSSR count). The summed E-state index contributed by atoms with van der Waals surface area (Å²) >= 11 is 5.83. The lowest BCUT2D eigenvalue weighted by Gasteiger charge is -1.99. The van der Waals surface area contributed by atoms with Crippen molar-refractivity contribution in [2.75, 3.05) is 0 Å². The van der Waals surface area contributed by atoms with Crippen LogP contribution in [-0.4, -0.2) is 24.4 Å². The summed E-state index contributed by atoms with van der Waals surface area (Å²) in [4.78, 5) is 16.0. The molecule has 2 heterocycles. The molecule has 0 atom stereocenters. The molecule has 2 aromatic heterocycles. The maximum Gasteiger partial charge on any atom is 0.352 e. The molecule has 0 aliphatic rings. The van der Waals surface area contributed by atoms with Crippen LogP contribution in [0.4, 0.5) is 0 Å². The Morgan fingerprint density at radius 1 is 1.22 bits per heavy atom. The number of aromatic nitrogens is 5. The van der Waals surface area contributed by atoms with Gasteiger partial charge in [0.05, 0.1) is 0 Å². The van der Waals surface area contributed by atoms with Gasteiger partial charge < -0.3 is 0 Å². The molecule has 0 amide bonds. The number of aryl methyl sites for hydroxylation is 1. The molecule has 3 aromatic rings. The van der Waals surface area contributed by atoms with Gasteiger partial charge in [-0.25, -0.2) is 14.2 Å². The van der Waals surface area contributed by atoms with E-state index in [1.54, 1.807) is 12.1 Å². The van der Waals surface area contributed by atoms with Crippen LogP contribution in [-0.2, 0) is 7.05 Å². The highest BCUT2D eigenvalue weighted by Gasteiger charge is 2.11. The summed E-state index contributed by atoms with van der Waals surface area (Å²) in [5.74, 6) is 0. The first-order valence-electron chi connectivity index (χ1n) is 5.20. The van der Waals surface area contributed by atoms with Crippen molar-refractivity contribution in [1.82, 2.24) is 24.4 Å². The SMILES string of the molecule is Cn1nnc2c(-c3ccc(Cl)cc3)ncn2c1=O. The third-order valence-corrected chi connectivity index (χ3v) is 2.87. The lowest BCUT2D eigenvalue weighted by molar-refractivity contribution is 0.607. The number of rotatable bonds is 1. The fourth-order valence-corrected chi connectivity index (χ4v) is 1.82. The molecule has 6 nitrogen and oxygen atoms in total. The summed E-state index contributed by atoms with van der Waals surface area (Å²) in [7, 11) is 1.54. The summed E-state index contributed by atoms with van der Waals surface area (Å²) in [6.07, 6.45) is 1.44. The molecule has 0 saturated heterocycles. The fraction of sp³-hybridized carbons (Fsp3) is 0.0909. The van der Waals surface area contributed by atoms with E-state index < -0.39 is 0 Å². The quantitative estimate of drug-likeness (QED) is 0.659. The van der Waals surface area contributed by atoms with E-state index in [0.29, 0.717) is 16.4 Å². The molecular weight excluding hydrogens is 254 g/mol. The number of imidazole rings is 1. The summed E-state index contributed by atoms with van der Waals surface area (Å²) in [6.45, 7) is 0. The fourth-order valence-electron chi connectivity index (χ4n) is 1.69. The minimum absolute atomic E-state index is 0.285. The van der Waals surface area contributed by atoms with Crippen molar-refractivity contribution in [2.24, 2.45) is 7.05 Å². The van der Waals surface area contributed by atoms with Crippen LogP contribution < -0.4 is 5.69 Å². The average molecular weight is 262 g/mol. The van der Waals surface area contributed by atoms with Crippen molar-refractivity contribution in [1.29, 1.82) is 0 Å². The van der Waals surface area contributed by atoms with E-state index in [9.17, 15) is 4.79 Å². The van der Waals surface area contributed by atoms with Gasteiger partial charge in [0, 0.05) is 17.6 Å². The zero-order valence-electron chi connectivity index (χ0n) is 9.41. The second kappa shape index (κ2) is 3.92. The molecule has 0 saturated carbocycles. The van der Waals surface area contributed by atoms with E-state index in [1.807, 2.05) is 12.1 Å². The highest BCUT2D eigenvalue weighted by Crippen LogP contribution is 2.22. The predicted molar refractivity (Wildman–Crippen MR) is 66.5 cm³/mol. The highest BCUT2D eigenvalue weighted by molar-refractivity contribution is 6.30. The standard InChI is InChI=1S/C11H8ClN5O/c1-16-11(18)17-6-13-9(10(17)14-15-16)7-2-4-8(12)5-3-7/h2-6H,1H3. The van der Waals surface area contributed by atoms with Crippen molar-refractivity contribution in [2.45, 2.75) is 0 Å². The lowest BCUT2D eigenvalue weighted by Crippen LogP contribution is -2.26. The molecule has 0 aliphatic carbocycles. The van der Waals surface area contributed by atoms with Crippen LogP contribution in [0.5, 0.6) is 0 Å². The van der Waals surface area contributed by atoms with Gasteiger partial charge in [0.1, 0.15) is 12.0 Å². The largest absolute Gasteiger partial charge is 0.352 e. The van der Waals surface area contributed by atoms with E-state index in [2.05, 4.69) is 15.3 Å². The molecule has 7 heteroatoms. The van der Waals surface area contributed by atoms with Crippen molar-refractivity contribution in [3.05, 3.63) is 46.1 Å². The average Bonchev–Trinajstić information content (AvgIpc) is 2.79. The van der Waals surface area contributed by atoms with Gasteiger partial charge in [0.25, 0.3) is 0 Å². The molecule has 0 N–H and O–H groups in total. The van der Waals surface area contributed by atoms with Crippen LogP contribution in [0.15, 0.2) is 35.4 Å². The number of benzene rings is 1. The van der Waals surface area contributed by atoms with Crippen LogP contribution in [0.1, 0.15) is 0 Å². The number of hydrogen-bond donors (Lipinski definition) is 0. The van der Waals surface area contributed by atoms with Crippen LogP contribution in [0.2, 0.25) is 5.02 Å². The van der Waals surface area contributed by atoms with Crippen molar-refractivity contribution < 1.29 is 0 Å². The number of halogens is 1. The molecule has 0 bridgehead atoms. The lowest BCUT2D eigenvalue weighted by atomic mass is 10.2. The second-order valence-corrected chi connectivity index (χ2v) is 4.23. The van der Waals surface area contributed by atoms with Crippen LogP contribution in [0.3, 0.4) is 0 Å². The zero-order chi connectivity index (χ0) is 12.7. The molecule has 0 aliphatic heterocycles. The van der Waals surface area contributed by atoms with Gasteiger partial charge in [-0.05, 0) is 12.1 Å². The highest BCUT2D eigenvalue weighted by atomic mass is 35.5. The van der Waals surface area contributed by atoms with Gasteiger partial charge in [-0.15, -0.1) is 5.10 Å². The first-order valence-corrected chi connectivity index (χ1v) is 5.57. The van der Waals surface area contributed by atoms with Crippen LogP contribution in [0.25, 0.3) is 16.9 Å². The molecule has 0 spiro atoms. The molecule has 1 aromatic carbocycles. The summed E-state index contributed by atoms with van der Waals surface area (Å²) in [5.41, 5.74) is 1.59. The van der Waals surface area contributed by atoms with E-state index in [1.165, 1.54) is 17.8 Å². The van der Waals surface area contributed by atoms with Gasteiger partial charge in [-0.3, -0.25) is 0 Å². The van der Waals surface area contributed by atoms with E-state index in [0.717, 1.165) is 10.2 Å². The molecule has 18 heavy (non-hydrogen) atoms. The summed E-state index contributed by atoms with van der Waals surface area (Å²) < 4.78 is 2.51. The summed E-state index contributed by atoms with van der Waals surface area (Å²) in [6, 6.07) is 7.17. The number of fused-ring (bicyclic) bond motifs is 1. The molecule has 0 unspecified atom stereocenters. The van der Waals surface area contributed by atoms with E-state index in [-0.39, 0.29) is 5.69 Å². The van der Waals surface area contributed by atoms with Crippen molar-refractivity contribution in [3.8, 4) is 11.3 Å². The minimum atomic E-state index is -0.285. The van der Waals surface area contributed by atoms with Gasteiger partial charge in [0.2, 0.25) is 0 Å². The Kier molecular flexibility index (Phi) is 2.38. The monoisotopic (exact) mass is 261 g/mol. The maximum atomic E-state index is 11.8. The number of hydrogen-bond acceptors (Lipinski definition) is 4. The topological polar surface area (TPSA) is 65.1 Å². The molecule has 0 radical (unpaired) electrons. The zero-order valence-corrected chi connectivity index (χ0v) is 10.2. The van der Waals surface area contributed by atoms with E-state index in [4.69, 9.17) is 11.6 Å². The molecule has 90 valence electrons. The molecular formula is C11H8ClN5O. The van der Waals surface area contributed by atoms with Crippen molar-refractivity contribution in [3.63, 3.8) is 0 Å². The first-order chi connectivity index (χ1) is 8.66. The van der Waals surface area contributed by atoms with Gasteiger partial charge in [0.15, 0.2) is 5.65 Å². The van der Waals surface area contributed by atoms with Crippen LogP contribution in [0, 0.1) is 0 Å². The van der Waals surface area contributed by atoms with E-state index >= 15 is 0 Å². The second-order valence-electron chi connectivity index (χ2n) is 3.79.